The Balaban J connectivity index is 2.48. The smallest absolute Gasteiger partial charge is 0.303 e. The summed E-state index contributed by atoms with van der Waals surface area (Å²) in [7, 11) is -1.21. The maximum atomic E-state index is 11.8. The number of hydrogen-bond acceptors (Lipinski definition) is 12. The van der Waals surface area contributed by atoms with E-state index in [4.69, 9.17) is 38.0 Å². The van der Waals surface area contributed by atoms with Gasteiger partial charge in [-0.15, -0.1) is 0 Å². The van der Waals surface area contributed by atoms with Crippen molar-refractivity contribution < 1.29 is 47.1 Å². The lowest BCUT2D eigenvalue weighted by molar-refractivity contribution is -0.288. The Kier molecular flexibility index (Phi) is 19.8. The molecule has 43 heavy (non-hydrogen) atoms. The largest absolute Gasteiger partial charge is 0.463 e. The molecule has 6 atom stereocenters. The first-order valence-corrected chi connectivity index (χ1v) is 16.5. The second-order valence-corrected chi connectivity index (χ2v) is 12.7. The van der Waals surface area contributed by atoms with Crippen LogP contribution in [0.5, 0.6) is 0 Å². The van der Waals surface area contributed by atoms with Crippen molar-refractivity contribution in [3.05, 3.63) is 0 Å². The number of esters is 3. The van der Waals surface area contributed by atoms with E-state index in [0.29, 0.717) is 26.2 Å². The first kappa shape index (κ1) is 39.2. The first-order chi connectivity index (χ1) is 20.4. The minimum atomic E-state index is -1.21. The van der Waals surface area contributed by atoms with Crippen LogP contribution in [0.2, 0.25) is 0 Å². The van der Waals surface area contributed by atoms with Crippen LogP contribution in [0.3, 0.4) is 0 Å². The molecule has 248 valence electrons. The van der Waals surface area contributed by atoms with Gasteiger partial charge in [0.1, 0.15) is 18.8 Å². The fourth-order valence-corrected chi connectivity index (χ4v) is 6.46. The van der Waals surface area contributed by atoms with Gasteiger partial charge >= 0.3 is 17.9 Å². The number of carbonyl (C=O) groups excluding carboxylic acids is 3. The summed E-state index contributed by atoms with van der Waals surface area (Å²) >= 11 is 0. The number of unbranched alkanes of at least 4 members (excludes halogenated alkanes) is 5. The second kappa shape index (κ2) is 21.8. The van der Waals surface area contributed by atoms with E-state index in [1.807, 2.05) is 0 Å². The molecule has 0 aromatic carbocycles. The fraction of sp³-hybridized carbons (Fsp3) is 0.867. The normalized spacial score (nSPS) is 22.8. The Morgan fingerprint density at radius 2 is 1.35 bits per heavy atom. The van der Waals surface area contributed by atoms with E-state index < -0.39 is 57.0 Å². The number of hydrogen-bond donors (Lipinski definition) is 0. The van der Waals surface area contributed by atoms with E-state index in [1.165, 1.54) is 20.8 Å². The van der Waals surface area contributed by atoms with Crippen molar-refractivity contribution >= 4 is 26.4 Å². The number of carbonyl (C=O) groups is 3. The lowest BCUT2D eigenvalue weighted by Crippen LogP contribution is -2.58. The molecule has 1 heterocycles. The van der Waals surface area contributed by atoms with E-state index in [1.54, 1.807) is 6.92 Å². The molecule has 0 aliphatic carbocycles. The van der Waals surface area contributed by atoms with Gasteiger partial charge in [-0.25, -0.2) is 4.67 Å². The molecule has 1 aliphatic rings. The Hall–Kier alpha value is -1.87. The van der Waals surface area contributed by atoms with Crippen molar-refractivity contribution in [2.45, 2.75) is 137 Å². The highest BCUT2D eigenvalue weighted by Gasteiger charge is 2.48. The van der Waals surface area contributed by atoms with Crippen LogP contribution >= 0.6 is 8.53 Å². The monoisotopic (exact) mass is 632 g/mol. The lowest BCUT2D eigenvalue weighted by Gasteiger charge is -2.43. The molecule has 0 saturated carbocycles. The van der Waals surface area contributed by atoms with Crippen molar-refractivity contribution in [2.24, 2.45) is 5.92 Å². The van der Waals surface area contributed by atoms with E-state index >= 15 is 0 Å². The summed E-state index contributed by atoms with van der Waals surface area (Å²) in [5.41, 5.74) is 0. The molecule has 0 N–H and O–H groups in total. The Morgan fingerprint density at radius 3 is 1.88 bits per heavy atom. The van der Waals surface area contributed by atoms with Gasteiger partial charge in [-0.05, 0) is 40.5 Å². The fourth-order valence-electron chi connectivity index (χ4n) is 4.83. The van der Waals surface area contributed by atoms with Gasteiger partial charge in [-0.2, -0.15) is 5.26 Å². The summed E-state index contributed by atoms with van der Waals surface area (Å²) in [5, 5.41) is 8.85. The average molecular weight is 633 g/mol. The highest BCUT2D eigenvalue weighted by atomic mass is 31.2. The number of rotatable bonds is 21. The summed E-state index contributed by atoms with van der Waals surface area (Å²) in [6.07, 6.45) is 2.90. The molecule has 0 amide bonds. The zero-order valence-electron chi connectivity index (χ0n) is 27.2. The van der Waals surface area contributed by atoms with Crippen LogP contribution in [0.4, 0.5) is 0 Å². The predicted octanol–water partition coefficient (Wildman–Crippen LogP) is 5.42. The molecule has 1 saturated heterocycles. The first-order valence-electron chi connectivity index (χ1n) is 15.3. The van der Waals surface area contributed by atoms with Gasteiger partial charge in [-0.3, -0.25) is 14.4 Å². The van der Waals surface area contributed by atoms with Crippen LogP contribution in [0, 0.1) is 17.2 Å². The molecule has 1 aliphatic heterocycles. The van der Waals surface area contributed by atoms with E-state index in [-0.39, 0.29) is 18.7 Å². The third kappa shape index (κ3) is 15.6. The lowest BCUT2D eigenvalue weighted by atomic mass is 9.92. The average Bonchev–Trinajstić information content (AvgIpc) is 2.91. The SMILES string of the molecule is CC(=O)OC[C@H]1OC(OCCCCCCCCOP(OCCC#N)N(C(C)C)C(C)C)C(C)C(OC(C)=O)C1OC(C)=O. The summed E-state index contributed by atoms with van der Waals surface area (Å²) in [5.74, 6) is -2.01. The van der Waals surface area contributed by atoms with Gasteiger partial charge in [0.05, 0.1) is 25.7 Å². The van der Waals surface area contributed by atoms with Crippen molar-refractivity contribution in [1.29, 1.82) is 5.26 Å². The minimum Gasteiger partial charge on any atom is -0.463 e. The van der Waals surface area contributed by atoms with Crippen LogP contribution in [0.15, 0.2) is 0 Å². The molecular weight excluding hydrogens is 579 g/mol. The van der Waals surface area contributed by atoms with Gasteiger partial charge < -0.3 is 32.7 Å². The molecule has 1 rings (SSSR count). The van der Waals surface area contributed by atoms with Crippen molar-refractivity contribution in [3.63, 3.8) is 0 Å². The number of ether oxygens (including phenoxy) is 5. The Labute approximate surface area is 258 Å². The molecule has 5 unspecified atom stereocenters. The van der Waals surface area contributed by atoms with Crippen molar-refractivity contribution in [2.75, 3.05) is 26.4 Å². The molecule has 12 nitrogen and oxygen atoms in total. The maximum Gasteiger partial charge on any atom is 0.303 e. The molecule has 0 aromatic rings. The molecule has 1 fully saturated rings. The second-order valence-electron chi connectivity index (χ2n) is 11.2. The Morgan fingerprint density at radius 1 is 0.814 bits per heavy atom. The highest BCUT2D eigenvalue weighted by molar-refractivity contribution is 7.44. The number of nitriles is 1. The van der Waals surface area contributed by atoms with Crippen LogP contribution in [-0.4, -0.2) is 85.7 Å². The molecule has 13 heteroatoms. The zero-order chi connectivity index (χ0) is 32.4. The van der Waals surface area contributed by atoms with E-state index in [0.717, 1.165) is 38.5 Å². The quantitative estimate of drug-likeness (QED) is 0.0689. The van der Waals surface area contributed by atoms with Crippen LogP contribution in [-0.2, 0) is 47.1 Å². The predicted molar refractivity (Wildman–Crippen MR) is 160 cm³/mol. The maximum absolute atomic E-state index is 11.8. The summed E-state index contributed by atoms with van der Waals surface area (Å²) in [6.45, 7) is 15.4. The summed E-state index contributed by atoms with van der Waals surface area (Å²) in [6, 6.07) is 2.67. The molecular formula is C30H53N2O10P. The van der Waals surface area contributed by atoms with Crippen molar-refractivity contribution in [3.8, 4) is 6.07 Å². The van der Waals surface area contributed by atoms with Gasteiger partial charge in [0.15, 0.2) is 12.4 Å². The van der Waals surface area contributed by atoms with E-state index in [2.05, 4.69) is 38.4 Å². The zero-order valence-corrected chi connectivity index (χ0v) is 28.1. The standard InChI is InChI=1S/C30H53N2O10P/c1-21(2)32(22(3)4)43(39-19-15-16-31)38-18-14-12-10-9-11-13-17-36-30-23(5)28(40-25(7)34)29(41-26(8)35)27(42-30)20-37-24(6)33/h21-23,27-30H,9-15,17-20H2,1-8H3/t23?,27-,28?,29?,30?,43?/m1/s1. The van der Waals surface area contributed by atoms with E-state index in [9.17, 15) is 14.4 Å². The third-order valence-electron chi connectivity index (χ3n) is 6.69. The van der Waals surface area contributed by atoms with Crippen LogP contribution < -0.4 is 0 Å². The van der Waals surface area contributed by atoms with Gasteiger partial charge in [-0.1, -0.05) is 32.6 Å². The topological polar surface area (TPSA) is 143 Å². The highest BCUT2D eigenvalue weighted by Crippen LogP contribution is 2.46. The molecule has 0 spiro atoms. The summed E-state index contributed by atoms with van der Waals surface area (Å²) in [4.78, 5) is 35.0. The van der Waals surface area contributed by atoms with Crippen LogP contribution in [0.25, 0.3) is 0 Å². The van der Waals surface area contributed by atoms with Crippen LogP contribution in [0.1, 0.15) is 100 Å². The number of nitrogens with zero attached hydrogens (tertiary/aromatic N) is 2. The minimum absolute atomic E-state index is 0.164. The molecule has 0 aromatic heterocycles. The van der Waals surface area contributed by atoms with Gasteiger partial charge in [0, 0.05) is 45.4 Å². The van der Waals surface area contributed by atoms with Gasteiger partial charge in [0.25, 0.3) is 8.53 Å². The summed E-state index contributed by atoms with van der Waals surface area (Å²) < 4.78 is 42.4. The molecule has 0 radical (unpaired) electrons. The van der Waals surface area contributed by atoms with Crippen molar-refractivity contribution in [1.82, 2.24) is 4.67 Å². The Bertz CT molecular complexity index is 860. The van der Waals surface area contributed by atoms with Gasteiger partial charge in [0.2, 0.25) is 0 Å². The molecule has 0 bridgehead atoms. The third-order valence-corrected chi connectivity index (χ3v) is 8.79.